The van der Waals surface area contributed by atoms with Crippen LogP contribution in [0.2, 0.25) is 0 Å². The number of hydrogen-bond donors (Lipinski definition) is 2. The number of amides is 1. The van der Waals surface area contributed by atoms with Gasteiger partial charge in [-0.05, 0) is 13.0 Å². The van der Waals surface area contributed by atoms with Crippen molar-refractivity contribution in [2.75, 3.05) is 26.2 Å². The summed E-state index contributed by atoms with van der Waals surface area (Å²) in [6.07, 6.45) is 2.66. The Balaban J connectivity index is 2.42. The van der Waals surface area contributed by atoms with Gasteiger partial charge < -0.3 is 11.1 Å². The van der Waals surface area contributed by atoms with Crippen LogP contribution in [0.15, 0.2) is 12.7 Å². The van der Waals surface area contributed by atoms with Crippen molar-refractivity contribution in [3.63, 3.8) is 0 Å². The summed E-state index contributed by atoms with van der Waals surface area (Å²) in [5.41, 5.74) is 5.43. The predicted octanol–water partition coefficient (Wildman–Crippen LogP) is -0.678. The molecule has 1 atom stereocenters. The molecule has 13 heavy (non-hydrogen) atoms. The summed E-state index contributed by atoms with van der Waals surface area (Å²) in [7, 11) is 0. The van der Waals surface area contributed by atoms with Crippen molar-refractivity contribution in [3.05, 3.63) is 12.7 Å². The summed E-state index contributed by atoms with van der Waals surface area (Å²) in [4.78, 5) is 13.3. The van der Waals surface area contributed by atoms with E-state index in [9.17, 15) is 4.79 Å². The van der Waals surface area contributed by atoms with E-state index >= 15 is 0 Å². The fourth-order valence-electron chi connectivity index (χ4n) is 1.58. The van der Waals surface area contributed by atoms with Gasteiger partial charge in [-0.3, -0.25) is 9.69 Å². The first-order valence-electron chi connectivity index (χ1n) is 4.59. The van der Waals surface area contributed by atoms with Gasteiger partial charge in [-0.2, -0.15) is 0 Å². The molecule has 0 aromatic rings. The molecule has 0 aromatic carbocycles. The summed E-state index contributed by atoms with van der Waals surface area (Å²) in [6, 6.07) is 0.214. The highest BCUT2D eigenvalue weighted by Crippen LogP contribution is 2.02. The second-order valence-corrected chi connectivity index (χ2v) is 3.32. The first-order chi connectivity index (χ1) is 6.26. The average molecular weight is 183 g/mol. The van der Waals surface area contributed by atoms with Crippen LogP contribution in [0.1, 0.15) is 6.42 Å². The lowest BCUT2D eigenvalue weighted by molar-refractivity contribution is -0.125. The Morgan fingerprint density at radius 1 is 1.77 bits per heavy atom. The first-order valence-corrected chi connectivity index (χ1v) is 4.59. The van der Waals surface area contributed by atoms with Crippen LogP contribution in [-0.4, -0.2) is 43.0 Å². The van der Waals surface area contributed by atoms with Gasteiger partial charge in [0, 0.05) is 19.1 Å². The molecule has 0 aliphatic carbocycles. The van der Waals surface area contributed by atoms with Gasteiger partial charge in [0.2, 0.25) is 5.91 Å². The van der Waals surface area contributed by atoms with Crippen molar-refractivity contribution in [1.29, 1.82) is 0 Å². The molecule has 1 rings (SSSR count). The minimum atomic E-state index is 0.0894. The van der Waals surface area contributed by atoms with E-state index < -0.39 is 0 Å². The van der Waals surface area contributed by atoms with Gasteiger partial charge in [0.25, 0.3) is 0 Å². The van der Waals surface area contributed by atoms with Crippen molar-refractivity contribution < 1.29 is 4.79 Å². The van der Waals surface area contributed by atoms with Crippen LogP contribution in [0, 0.1) is 0 Å². The zero-order valence-electron chi connectivity index (χ0n) is 7.83. The van der Waals surface area contributed by atoms with Crippen LogP contribution in [0.5, 0.6) is 0 Å². The van der Waals surface area contributed by atoms with Crippen LogP contribution in [-0.2, 0) is 4.79 Å². The number of nitrogens with two attached hydrogens (primary N) is 1. The van der Waals surface area contributed by atoms with Gasteiger partial charge in [-0.1, -0.05) is 6.08 Å². The Morgan fingerprint density at radius 2 is 2.54 bits per heavy atom. The van der Waals surface area contributed by atoms with E-state index in [-0.39, 0.29) is 11.9 Å². The van der Waals surface area contributed by atoms with Crippen molar-refractivity contribution in [1.82, 2.24) is 10.2 Å². The van der Waals surface area contributed by atoms with Crippen molar-refractivity contribution in [3.8, 4) is 0 Å². The van der Waals surface area contributed by atoms with E-state index in [0.717, 1.165) is 19.5 Å². The third kappa shape index (κ3) is 3.16. The molecular formula is C9H17N3O. The third-order valence-electron chi connectivity index (χ3n) is 2.11. The Bertz CT molecular complexity index is 193. The van der Waals surface area contributed by atoms with Crippen LogP contribution in [0.3, 0.4) is 0 Å². The summed E-state index contributed by atoms with van der Waals surface area (Å²) < 4.78 is 0. The number of carbonyl (C=O) groups excluding carboxylic acids is 1. The van der Waals surface area contributed by atoms with E-state index in [1.54, 1.807) is 0 Å². The Labute approximate surface area is 78.8 Å². The fraction of sp³-hybridized carbons (Fsp3) is 0.667. The standard InChI is InChI=1S/C9H17N3O/c1-2-5-12-6-8(3-4-10)11-9(13)7-12/h2,8H,1,3-7,10H2,(H,11,13). The highest BCUT2D eigenvalue weighted by atomic mass is 16.2. The van der Waals surface area contributed by atoms with E-state index in [4.69, 9.17) is 5.73 Å². The highest BCUT2D eigenvalue weighted by molar-refractivity contribution is 5.79. The monoisotopic (exact) mass is 183 g/mol. The second-order valence-electron chi connectivity index (χ2n) is 3.32. The number of carbonyl (C=O) groups is 1. The largest absolute Gasteiger partial charge is 0.351 e. The number of rotatable bonds is 4. The lowest BCUT2D eigenvalue weighted by Gasteiger charge is -2.32. The summed E-state index contributed by atoms with van der Waals surface area (Å²) in [5.74, 6) is 0.0894. The molecule has 1 saturated heterocycles. The molecule has 4 nitrogen and oxygen atoms in total. The first kappa shape index (κ1) is 10.2. The molecule has 1 heterocycles. The average Bonchev–Trinajstić information content (AvgIpc) is 2.04. The van der Waals surface area contributed by atoms with Crippen molar-refractivity contribution >= 4 is 5.91 Å². The van der Waals surface area contributed by atoms with E-state index in [1.165, 1.54) is 0 Å². The smallest absolute Gasteiger partial charge is 0.234 e. The maximum Gasteiger partial charge on any atom is 0.234 e. The number of piperazine rings is 1. The molecule has 1 amide bonds. The Hall–Kier alpha value is -0.870. The molecule has 0 spiro atoms. The molecule has 74 valence electrons. The topological polar surface area (TPSA) is 58.4 Å². The molecule has 0 saturated carbocycles. The van der Waals surface area contributed by atoms with Crippen LogP contribution in [0.25, 0.3) is 0 Å². The maximum atomic E-state index is 11.2. The van der Waals surface area contributed by atoms with Crippen LogP contribution < -0.4 is 11.1 Å². The molecule has 1 fully saturated rings. The molecular weight excluding hydrogens is 166 g/mol. The molecule has 1 aliphatic heterocycles. The molecule has 1 aliphatic rings. The Morgan fingerprint density at radius 3 is 3.15 bits per heavy atom. The van der Waals surface area contributed by atoms with E-state index in [0.29, 0.717) is 13.1 Å². The maximum absolute atomic E-state index is 11.2. The SMILES string of the molecule is C=CCN1CC(=O)NC(CCN)C1. The lowest BCUT2D eigenvalue weighted by atomic mass is 10.1. The zero-order valence-corrected chi connectivity index (χ0v) is 7.83. The summed E-state index contributed by atoms with van der Waals surface area (Å²) in [5, 5.41) is 2.91. The number of nitrogens with zero attached hydrogens (tertiary/aromatic N) is 1. The van der Waals surface area contributed by atoms with Gasteiger partial charge in [0.05, 0.1) is 6.54 Å². The zero-order chi connectivity index (χ0) is 9.68. The number of nitrogens with one attached hydrogen (secondary N) is 1. The van der Waals surface area contributed by atoms with Gasteiger partial charge in [-0.25, -0.2) is 0 Å². The summed E-state index contributed by atoms with van der Waals surface area (Å²) >= 11 is 0. The second kappa shape index (κ2) is 4.99. The minimum absolute atomic E-state index is 0.0894. The third-order valence-corrected chi connectivity index (χ3v) is 2.11. The molecule has 4 heteroatoms. The van der Waals surface area contributed by atoms with Gasteiger partial charge >= 0.3 is 0 Å². The van der Waals surface area contributed by atoms with Crippen LogP contribution in [0.4, 0.5) is 0 Å². The quantitative estimate of drug-likeness (QED) is 0.568. The van der Waals surface area contributed by atoms with Crippen LogP contribution >= 0.6 is 0 Å². The molecule has 0 radical (unpaired) electrons. The summed E-state index contributed by atoms with van der Waals surface area (Å²) in [6.45, 7) is 6.41. The predicted molar refractivity (Wildman–Crippen MR) is 52.2 cm³/mol. The van der Waals surface area contributed by atoms with E-state index in [1.807, 2.05) is 6.08 Å². The molecule has 0 aromatic heterocycles. The number of hydrogen-bond acceptors (Lipinski definition) is 3. The molecule has 1 unspecified atom stereocenters. The molecule has 0 bridgehead atoms. The van der Waals surface area contributed by atoms with Gasteiger partial charge in [0.15, 0.2) is 0 Å². The normalized spacial score (nSPS) is 24.1. The van der Waals surface area contributed by atoms with Crippen molar-refractivity contribution in [2.45, 2.75) is 12.5 Å². The minimum Gasteiger partial charge on any atom is -0.351 e. The highest BCUT2D eigenvalue weighted by Gasteiger charge is 2.22. The molecule has 3 N–H and O–H groups in total. The lowest BCUT2D eigenvalue weighted by Crippen LogP contribution is -2.54. The van der Waals surface area contributed by atoms with Gasteiger partial charge in [-0.15, -0.1) is 6.58 Å². The fourth-order valence-corrected chi connectivity index (χ4v) is 1.58. The Kier molecular flexibility index (Phi) is 3.92. The van der Waals surface area contributed by atoms with Crippen molar-refractivity contribution in [2.24, 2.45) is 5.73 Å². The van der Waals surface area contributed by atoms with E-state index in [2.05, 4.69) is 16.8 Å². The van der Waals surface area contributed by atoms with Gasteiger partial charge in [0.1, 0.15) is 0 Å².